The highest BCUT2D eigenvalue weighted by Gasteiger charge is 2.25. The van der Waals surface area contributed by atoms with Gasteiger partial charge in [-0.25, -0.2) is 9.97 Å². The van der Waals surface area contributed by atoms with E-state index < -0.39 is 0 Å². The van der Waals surface area contributed by atoms with E-state index in [9.17, 15) is 4.79 Å². The summed E-state index contributed by atoms with van der Waals surface area (Å²) in [4.78, 5) is 23.4. The minimum Gasteiger partial charge on any atom is -0.356 e. The zero-order valence-corrected chi connectivity index (χ0v) is 15.9. The number of carbonyl (C=O) groups is 1. The predicted molar refractivity (Wildman–Crippen MR) is 105 cm³/mol. The molecule has 3 rings (SSSR count). The second kappa shape index (κ2) is 8.30. The molecule has 0 radical (unpaired) electrons. The molecule has 1 aliphatic rings. The summed E-state index contributed by atoms with van der Waals surface area (Å²) in [6, 6.07) is 10.4. The molecular weight excluding hydrogens is 324 g/mol. The maximum absolute atomic E-state index is 12.3. The molecule has 5 nitrogen and oxygen atoms in total. The van der Waals surface area contributed by atoms with Gasteiger partial charge in [0.1, 0.15) is 12.1 Å². The van der Waals surface area contributed by atoms with Crippen LogP contribution < -0.4 is 10.2 Å². The smallest absolute Gasteiger partial charge is 0.223 e. The number of aryl methyl sites for hydroxylation is 1. The van der Waals surface area contributed by atoms with Crippen LogP contribution >= 0.6 is 0 Å². The third-order valence-electron chi connectivity index (χ3n) is 4.84. The first-order chi connectivity index (χ1) is 12.5. The van der Waals surface area contributed by atoms with Gasteiger partial charge in [-0.3, -0.25) is 4.79 Å². The number of hydrogen-bond donors (Lipinski definition) is 1. The Hall–Kier alpha value is -2.43. The summed E-state index contributed by atoms with van der Waals surface area (Å²) in [7, 11) is 0. The number of benzene rings is 1. The molecule has 0 aliphatic carbocycles. The number of hydrogen-bond acceptors (Lipinski definition) is 4. The molecule has 1 fully saturated rings. The first kappa shape index (κ1) is 18.4. The van der Waals surface area contributed by atoms with Crippen LogP contribution in [0.5, 0.6) is 0 Å². The second-order valence-corrected chi connectivity index (χ2v) is 7.53. The average Bonchev–Trinajstić information content (AvgIpc) is 2.66. The summed E-state index contributed by atoms with van der Waals surface area (Å²) in [5, 5.41) is 3.06. The first-order valence-corrected chi connectivity index (χ1v) is 9.44. The van der Waals surface area contributed by atoms with E-state index in [2.05, 4.69) is 59.2 Å². The van der Waals surface area contributed by atoms with Crippen molar-refractivity contribution in [2.45, 2.75) is 33.6 Å². The molecule has 1 aliphatic heterocycles. The number of amides is 1. The van der Waals surface area contributed by atoms with Gasteiger partial charge in [-0.1, -0.05) is 37.6 Å². The van der Waals surface area contributed by atoms with E-state index in [-0.39, 0.29) is 11.8 Å². The van der Waals surface area contributed by atoms with Crippen LogP contribution in [0, 0.1) is 18.8 Å². The Bertz CT molecular complexity index is 751. The highest BCUT2D eigenvalue weighted by molar-refractivity contribution is 5.79. The van der Waals surface area contributed by atoms with Crippen molar-refractivity contribution in [1.82, 2.24) is 15.3 Å². The van der Waals surface area contributed by atoms with Crippen molar-refractivity contribution < 1.29 is 4.79 Å². The monoisotopic (exact) mass is 352 g/mol. The van der Waals surface area contributed by atoms with E-state index in [0.29, 0.717) is 5.92 Å². The highest BCUT2D eigenvalue weighted by Crippen LogP contribution is 2.25. The van der Waals surface area contributed by atoms with Gasteiger partial charge < -0.3 is 10.2 Å². The van der Waals surface area contributed by atoms with Gasteiger partial charge in [0.15, 0.2) is 0 Å². The van der Waals surface area contributed by atoms with Crippen LogP contribution in [0.4, 0.5) is 5.82 Å². The van der Waals surface area contributed by atoms with E-state index in [1.165, 1.54) is 5.56 Å². The van der Waals surface area contributed by atoms with Crippen LogP contribution in [-0.4, -0.2) is 35.5 Å². The fourth-order valence-corrected chi connectivity index (χ4v) is 3.30. The minimum atomic E-state index is 0.114. The molecule has 1 amide bonds. The van der Waals surface area contributed by atoms with E-state index in [4.69, 9.17) is 0 Å². The Morgan fingerprint density at radius 3 is 2.69 bits per heavy atom. The van der Waals surface area contributed by atoms with Gasteiger partial charge in [0.2, 0.25) is 5.91 Å². The van der Waals surface area contributed by atoms with Gasteiger partial charge >= 0.3 is 0 Å². The van der Waals surface area contributed by atoms with E-state index in [1.807, 2.05) is 12.1 Å². The zero-order valence-electron chi connectivity index (χ0n) is 15.9. The summed E-state index contributed by atoms with van der Waals surface area (Å²) in [5.41, 5.74) is 3.27. The fraction of sp³-hybridized carbons (Fsp3) is 0.476. The maximum Gasteiger partial charge on any atom is 0.223 e. The summed E-state index contributed by atoms with van der Waals surface area (Å²) in [6.07, 6.45) is 3.37. The molecule has 0 bridgehead atoms. The Balaban J connectivity index is 1.63. The molecule has 0 atom stereocenters. The van der Waals surface area contributed by atoms with Crippen molar-refractivity contribution in [3.63, 3.8) is 0 Å². The number of nitrogens with zero attached hydrogens (tertiary/aromatic N) is 3. The van der Waals surface area contributed by atoms with Gasteiger partial charge in [0.05, 0.1) is 5.69 Å². The van der Waals surface area contributed by atoms with E-state index >= 15 is 0 Å². The fourth-order valence-electron chi connectivity index (χ4n) is 3.30. The molecular formula is C21H28N4O. The van der Waals surface area contributed by atoms with Gasteiger partial charge in [-0.15, -0.1) is 0 Å². The number of piperidine rings is 1. The summed E-state index contributed by atoms with van der Waals surface area (Å²) in [5.74, 6) is 1.74. The molecule has 26 heavy (non-hydrogen) atoms. The molecule has 1 aromatic heterocycles. The lowest BCUT2D eigenvalue weighted by molar-refractivity contribution is -0.125. The van der Waals surface area contributed by atoms with Gasteiger partial charge in [0.25, 0.3) is 0 Å². The van der Waals surface area contributed by atoms with E-state index in [1.54, 1.807) is 6.33 Å². The van der Waals surface area contributed by atoms with Crippen molar-refractivity contribution in [2.75, 3.05) is 24.5 Å². The lowest BCUT2D eigenvalue weighted by Crippen LogP contribution is -2.41. The number of aromatic nitrogens is 2. The highest BCUT2D eigenvalue weighted by atomic mass is 16.1. The van der Waals surface area contributed by atoms with Crippen molar-refractivity contribution >= 4 is 11.7 Å². The van der Waals surface area contributed by atoms with Gasteiger partial charge in [-0.05, 0) is 31.7 Å². The summed E-state index contributed by atoms with van der Waals surface area (Å²) < 4.78 is 0. The standard InChI is InChI=1S/C21H28N4O/c1-15(2)13-22-21(26)17-7-9-25(10-8-17)20-12-19(23-14-24-20)18-6-4-5-16(3)11-18/h4-6,11-12,14-15,17H,7-10,13H2,1-3H3,(H,22,26). The van der Waals surface area contributed by atoms with Crippen molar-refractivity contribution in [3.8, 4) is 11.3 Å². The third kappa shape index (κ3) is 4.59. The van der Waals surface area contributed by atoms with Crippen LogP contribution in [0.25, 0.3) is 11.3 Å². The molecule has 138 valence electrons. The maximum atomic E-state index is 12.3. The largest absolute Gasteiger partial charge is 0.356 e. The molecule has 0 unspecified atom stereocenters. The average molecular weight is 352 g/mol. The molecule has 1 saturated heterocycles. The Morgan fingerprint density at radius 1 is 1.23 bits per heavy atom. The Kier molecular flexibility index (Phi) is 5.86. The van der Waals surface area contributed by atoms with Crippen molar-refractivity contribution in [3.05, 3.63) is 42.2 Å². The Labute approximate surface area is 155 Å². The van der Waals surface area contributed by atoms with Crippen LogP contribution in [0.1, 0.15) is 32.3 Å². The lowest BCUT2D eigenvalue weighted by Gasteiger charge is -2.32. The minimum absolute atomic E-state index is 0.114. The molecule has 2 aromatic rings. The van der Waals surface area contributed by atoms with Crippen LogP contribution in [0.2, 0.25) is 0 Å². The predicted octanol–water partition coefficient (Wildman–Crippen LogP) is 3.44. The van der Waals surface area contributed by atoms with Crippen LogP contribution in [0.15, 0.2) is 36.7 Å². The van der Waals surface area contributed by atoms with Gasteiger partial charge in [0, 0.05) is 37.2 Å². The third-order valence-corrected chi connectivity index (χ3v) is 4.84. The zero-order chi connectivity index (χ0) is 18.5. The van der Waals surface area contributed by atoms with Gasteiger partial charge in [-0.2, -0.15) is 0 Å². The molecule has 1 aromatic carbocycles. The van der Waals surface area contributed by atoms with Crippen LogP contribution in [0.3, 0.4) is 0 Å². The van der Waals surface area contributed by atoms with Crippen molar-refractivity contribution in [2.24, 2.45) is 11.8 Å². The number of carbonyl (C=O) groups excluding carboxylic acids is 1. The second-order valence-electron chi connectivity index (χ2n) is 7.53. The van der Waals surface area contributed by atoms with Crippen LogP contribution in [-0.2, 0) is 4.79 Å². The molecule has 1 N–H and O–H groups in total. The number of anilines is 1. The van der Waals surface area contributed by atoms with E-state index in [0.717, 1.165) is 49.6 Å². The summed E-state index contributed by atoms with van der Waals surface area (Å²) >= 11 is 0. The topological polar surface area (TPSA) is 58.1 Å². The summed E-state index contributed by atoms with van der Waals surface area (Å²) in [6.45, 7) is 8.77. The molecule has 0 saturated carbocycles. The quantitative estimate of drug-likeness (QED) is 0.895. The molecule has 5 heteroatoms. The Morgan fingerprint density at radius 2 is 2.00 bits per heavy atom. The normalized spacial score (nSPS) is 15.3. The molecule has 0 spiro atoms. The SMILES string of the molecule is Cc1cccc(-c2cc(N3CCC(C(=O)NCC(C)C)CC3)ncn2)c1. The molecule has 2 heterocycles. The number of rotatable bonds is 5. The van der Waals surface area contributed by atoms with Crippen molar-refractivity contribution in [1.29, 1.82) is 0 Å². The lowest BCUT2D eigenvalue weighted by atomic mass is 9.95. The first-order valence-electron chi connectivity index (χ1n) is 9.44. The number of nitrogens with one attached hydrogen (secondary N) is 1.